The van der Waals surface area contributed by atoms with E-state index in [1.54, 1.807) is 0 Å². The number of nitrogens with zero attached hydrogens (tertiary/aromatic N) is 1. The molecule has 6 N–H and O–H groups in total. The summed E-state index contributed by atoms with van der Waals surface area (Å²) >= 11 is 11.0. The van der Waals surface area contributed by atoms with E-state index >= 15 is 0 Å². The molecule has 0 saturated heterocycles. The molecule has 0 aromatic heterocycles. The summed E-state index contributed by atoms with van der Waals surface area (Å²) < 4.78 is 25.0. The maximum absolute atomic E-state index is 12.3. The fourth-order valence-corrected chi connectivity index (χ4v) is 2.94. The van der Waals surface area contributed by atoms with Crippen LogP contribution in [0.3, 0.4) is 0 Å². The van der Waals surface area contributed by atoms with E-state index in [2.05, 4.69) is 0 Å². The monoisotopic (exact) mass is 354 g/mol. The number of halogens is 2. The van der Waals surface area contributed by atoms with Crippen LogP contribution in [-0.2, 0) is 10.0 Å². The second kappa shape index (κ2) is 6.80. The minimum atomic E-state index is -4.12. The Labute approximate surface area is 133 Å². The second-order valence-corrected chi connectivity index (χ2v) is 7.50. The molecule has 0 atom stereocenters. The molecule has 0 bridgehead atoms. The van der Waals surface area contributed by atoms with Crippen LogP contribution < -0.4 is 17.2 Å². The molecule has 21 heavy (non-hydrogen) atoms. The normalized spacial score (nSPS) is 18.0. The van der Waals surface area contributed by atoms with Crippen LogP contribution in [0.25, 0.3) is 0 Å². The van der Waals surface area contributed by atoms with Gasteiger partial charge in [0.1, 0.15) is 4.84 Å². The first-order valence-corrected chi connectivity index (χ1v) is 8.13. The van der Waals surface area contributed by atoms with E-state index < -0.39 is 26.6 Å². The lowest BCUT2D eigenvalue weighted by Crippen LogP contribution is -2.48. The van der Waals surface area contributed by atoms with Crippen molar-refractivity contribution in [3.05, 3.63) is 35.4 Å². The van der Waals surface area contributed by atoms with Crippen molar-refractivity contribution in [2.75, 3.05) is 0 Å². The van der Waals surface area contributed by atoms with Crippen LogP contribution in [0, 0.1) is 0 Å². The number of urea groups is 1. The third kappa shape index (κ3) is 5.01. The molecule has 0 aromatic rings. The van der Waals surface area contributed by atoms with Crippen LogP contribution in [0.2, 0.25) is 0 Å². The first-order valence-electron chi connectivity index (χ1n) is 5.82. The summed E-state index contributed by atoms with van der Waals surface area (Å²) in [5.41, 5.74) is 15.2. The Hall–Kier alpha value is -1.06. The number of alkyl halides is 2. The molecular formula is C11H16Cl2N4O3S. The highest BCUT2D eigenvalue weighted by Gasteiger charge is 2.30. The predicted molar refractivity (Wildman–Crippen MR) is 82.5 cm³/mol. The Morgan fingerprint density at radius 2 is 2.10 bits per heavy atom. The molecule has 0 spiro atoms. The molecule has 0 aromatic carbocycles. The van der Waals surface area contributed by atoms with Crippen LogP contribution in [0.4, 0.5) is 4.79 Å². The number of carbonyl (C=O) groups is 1. The summed E-state index contributed by atoms with van der Waals surface area (Å²) in [5.74, 6) is 0. The van der Waals surface area contributed by atoms with Crippen LogP contribution in [-0.4, -0.2) is 29.3 Å². The number of rotatable bonds is 5. The van der Waals surface area contributed by atoms with Crippen molar-refractivity contribution in [3.8, 4) is 0 Å². The van der Waals surface area contributed by atoms with Crippen LogP contribution in [0.5, 0.6) is 0 Å². The zero-order valence-electron chi connectivity index (χ0n) is 10.9. The average molecular weight is 355 g/mol. The van der Waals surface area contributed by atoms with E-state index in [1.807, 2.05) is 0 Å². The maximum atomic E-state index is 12.3. The zero-order chi connectivity index (χ0) is 16.3. The molecule has 0 unspecified atom stereocenters. The highest BCUT2D eigenvalue weighted by atomic mass is 35.5. The molecule has 118 valence electrons. The van der Waals surface area contributed by atoms with Gasteiger partial charge in [-0.05, 0) is 18.6 Å². The number of carbonyl (C=O) groups excluding carboxylic acids is 1. The van der Waals surface area contributed by atoms with Gasteiger partial charge in [0.25, 0.3) is 10.0 Å². The Balaban J connectivity index is 3.03. The van der Waals surface area contributed by atoms with Crippen LogP contribution >= 0.6 is 23.2 Å². The first-order chi connectivity index (χ1) is 9.56. The molecule has 7 nitrogen and oxygen atoms in total. The van der Waals surface area contributed by atoms with Gasteiger partial charge in [-0.2, -0.15) is 4.31 Å². The Morgan fingerprint density at radius 3 is 2.52 bits per heavy atom. The van der Waals surface area contributed by atoms with Crippen molar-refractivity contribution >= 4 is 39.3 Å². The third-order valence-electron chi connectivity index (χ3n) is 2.54. The quantitative estimate of drug-likeness (QED) is 0.497. The average Bonchev–Trinajstić information content (AvgIpc) is 2.33. The van der Waals surface area contributed by atoms with Gasteiger partial charge < -0.3 is 17.2 Å². The van der Waals surface area contributed by atoms with E-state index in [4.69, 9.17) is 40.4 Å². The van der Waals surface area contributed by atoms with Gasteiger partial charge in [-0.15, -0.1) is 23.2 Å². The lowest BCUT2D eigenvalue weighted by atomic mass is 10.0. The molecule has 0 saturated carbocycles. The van der Waals surface area contributed by atoms with Crippen molar-refractivity contribution in [1.82, 2.24) is 4.31 Å². The fraction of sp³-hybridized carbons (Fsp3) is 0.364. The van der Waals surface area contributed by atoms with E-state index in [0.29, 0.717) is 4.31 Å². The van der Waals surface area contributed by atoms with Crippen LogP contribution in [0.1, 0.15) is 12.8 Å². The Kier molecular flexibility index (Phi) is 5.83. The van der Waals surface area contributed by atoms with Gasteiger partial charge in [0, 0.05) is 12.6 Å². The lowest BCUT2D eigenvalue weighted by molar-refractivity contribution is 0.240. The molecule has 10 heteroatoms. The minimum absolute atomic E-state index is 0.111. The van der Waals surface area contributed by atoms with Gasteiger partial charge in [0.2, 0.25) is 0 Å². The van der Waals surface area contributed by atoms with Gasteiger partial charge in [0.05, 0.1) is 10.6 Å². The predicted octanol–water partition coefficient (Wildman–Crippen LogP) is 0.862. The number of primary amides is 1. The van der Waals surface area contributed by atoms with Crippen molar-refractivity contribution in [2.45, 2.75) is 23.3 Å². The van der Waals surface area contributed by atoms with E-state index in [-0.39, 0.29) is 17.7 Å². The third-order valence-corrected chi connectivity index (χ3v) is 4.62. The van der Waals surface area contributed by atoms with Gasteiger partial charge in [-0.1, -0.05) is 12.2 Å². The maximum Gasteiger partial charge on any atom is 0.332 e. The molecule has 0 aliphatic heterocycles. The van der Waals surface area contributed by atoms with Crippen LogP contribution in [0.15, 0.2) is 35.4 Å². The summed E-state index contributed by atoms with van der Waals surface area (Å²) in [6, 6.07) is -1.15. The minimum Gasteiger partial charge on any atom is -0.350 e. The summed E-state index contributed by atoms with van der Waals surface area (Å²) in [6.07, 6.45) is 6.51. The molecule has 0 fully saturated rings. The zero-order valence-corrected chi connectivity index (χ0v) is 13.3. The highest BCUT2D eigenvalue weighted by Crippen LogP contribution is 2.22. The number of hydrogen-bond donors (Lipinski definition) is 3. The number of hydrogen-bond acceptors (Lipinski definition) is 5. The van der Waals surface area contributed by atoms with Gasteiger partial charge >= 0.3 is 6.03 Å². The fourth-order valence-electron chi connectivity index (χ4n) is 1.49. The number of sulfonamides is 1. The van der Waals surface area contributed by atoms with Gasteiger partial charge in [-0.3, -0.25) is 0 Å². The molecule has 0 radical (unpaired) electrons. The van der Waals surface area contributed by atoms with Crippen molar-refractivity contribution in [1.29, 1.82) is 0 Å². The Bertz CT molecular complexity index is 597. The summed E-state index contributed by atoms with van der Waals surface area (Å²) in [4.78, 5) is 10.5. The smallest absolute Gasteiger partial charge is 0.332 e. The van der Waals surface area contributed by atoms with Crippen molar-refractivity contribution in [3.63, 3.8) is 0 Å². The lowest BCUT2D eigenvalue weighted by Gasteiger charge is -2.24. The largest absolute Gasteiger partial charge is 0.350 e. The van der Waals surface area contributed by atoms with E-state index in [1.165, 1.54) is 24.3 Å². The molecular weight excluding hydrogens is 339 g/mol. The first kappa shape index (κ1) is 18.0. The topological polar surface area (TPSA) is 133 Å². The molecule has 1 aliphatic rings. The van der Waals surface area contributed by atoms with E-state index in [0.717, 1.165) is 6.20 Å². The van der Waals surface area contributed by atoms with Gasteiger partial charge in [-0.25, -0.2) is 13.2 Å². The summed E-state index contributed by atoms with van der Waals surface area (Å²) in [7, 11) is -4.12. The standard InChI is InChI=1S/C11H16Cl2N4O3S/c12-9(13)2-1-7-17(10(14)18)21(19,20)8-3-5-11(15,16)6-4-8/h1,3-5,7,9H,2,6,15-16H2,(H2,14,18). The van der Waals surface area contributed by atoms with E-state index in [9.17, 15) is 13.2 Å². The number of amides is 2. The molecule has 1 rings (SSSR count). The Morgan fingerprint density at radius 1 is 1.48 bits per heavy atom. The van der Waals surface area contributed by atoms with Crippen molar-refractivity contribution in [2.24, 2.45) is 17.2 Å². The summed E-state index contributed by atoms with van der Waals surface area (Å²) in [6.45, 7) is 0. The number of nitrogens with two attached hydrogens (primary N) is 3. The second-order valence-electron chi connectivity index (χ2n) is 4.41. The molecule has 0 heterocycles. The molecule has 1 aliphatic carbocycles. The highest BCUT2D eigenvalue weighted by molar-refractivity contribution is 7.93. The number of allylic oxidation sites excluding steroid dienone is 2. The molecule has 2 amide bonds. The SMILES string of the molecule is NC(=O)N(C=CCC(Cl)Cl)S(=O)(=O)C1=CCC(N)(N)C=C1. The van der Waals surface area contributed by atoms with Gasteiger partial charge in [0.15, 0.2) is 0 Å². The van der Waals surface area contributed by atoms with Crippen molar-refractivity contribution < 1.29 is 13.2 Å². The summed E-state index contributed by atoms with van der Waals surface area (Å²) in [5, 5.41) is 0.